The Kier molecular flexibility index (Phi) is 4.05. The predicted molar refractivity (Wildman–Crippen MR) is 103 cm³/mol. The molecule has 0 saturated heterocycles. The van der Waals surface area contributed by atoms with E-state index in [1.807, 2.05) is 37.3 Å². The Labute approximate surface area is 158 Å². The first kappa shape index (κ1) is 16.5. The summed E-state index contributed by atoms with van der Waals surface area (Å²) in [7, 11) is 0. The van der Waals surface area contributed by atoms with Crippen LogP contribution in [-0.4, -0.2) is 25.7 Å². The molecular formula is C20H14BrN3O2. The fourth-order valence-corrected chi connectivity index (χ4v) is 3.22. The number of aryl methyl sites for hydroxylation is 1. The molecule has 2 aromatic carbocycles. The maximum atomic E-state index is 12.8. The van der Waals surface area contributed by atoms with E-state index in [1.165, 1.54) is 12.3 Å². The molecule has 0 aliphatic rings. The van der Waals surface area contributed by atoms with Gasteiger partial charge in [-0.25, -0.2) is 9.67 Å². The number of para-hydroxylation sites is 1. The van der Waals surface area contributed by atoms with Crippen LogP contribution in [0.1, 0.15) is 21.6 Å². The first-order chi connectivity index (χ1) is 12.5. The minimum Gasteiger partial charge on any atom is -0.507 e. The van der Waals surface area contributed by atoms with Crippen molar-refractivity contribution in [3.63, 3.8) is 0 Å². The normalized spacial score (nSPS) is 11.0. The summed E-state index contributed by atoms with van der Waals surface area (Å²) in [5.41, 5.74) is 3.00. The highest BCUT2D eigenvalue weighted by molar-refractivity contribution is 9.10. The van der Waals surface area contributed by atoms with Gasteiger partial charge >= 0.3 is 0 Å². The first-order valence-electron chi connectivity index (χ1n) is 7.98. The number of phenols is 1. The minimum atomic E-state index is -0.287. The number of rotatable bonds is 3. The molecule has 0 spiro atoms. The zero-order valence-corrected chi connectivity index (χ0v) is 15.4. The van der Waals surface area contributed by atoms with Crippen LogP contribution >= 0.6 is 15.9 Å². The lowest BCUT2D eigenvalue weighted by Crippen LogP contribution is -2.03. The molecule has 0 bridgehead atoms. The number of phenolic OH excluding ortho intramolecular Hbond substituents is 1. The number of aromatic nitrogens is 3. The molecule has 0 amide bonds. The van der Waals surface area contributed by atoms with Crippen molar-refractivity contribution in [3.05, 3.63) is 82.1 Å². The van der Waals surface area contributed by atoms with Gasteiger partial charge in [0.15, 0.2) is 11.4 Å². The van der Waals surface area contributed by atoms with Gasteiger partial charge in [-0.1, -0.05) is 34.1 Å². The molecule has 0 radical (unpaired) electrons. The van der Waals surface area contributed by atoms with Crippen LogP contribution < -0.4 is 0 Å². The van der Waals surface area contributed by atoms with E-state index < -0.39 is 0 Å². The average Bonchev–Trinajstić information content (AvgIpc) is 3.00. The maximum Gasteiger partial charge on any atom is 0.198 e. The van der Waals surface area contributed by atoms with Gasteiger partial charge in [-0.05, 0) is 43.3 Å². The highest BCUT2D eigenvalue weighted by atomic mass is 79.9. The van der Waals surface area contributed by atoms with Gasteiger partial charge in [0.25, 0.3) is 0 Å². The third kappa shape index (κ3) is 2.78. The van der Waals surface area contributed by atoms with E-state index in [1.54, 1.807) is 22.9 Å². The molecule has 26 heavy (non-hydrogen) atoms. The third-order valence-electron chi connectivity index (χ3n) is 4.17. The number of ketones is 1. The summed E-state index contributed by atoms with van der Waals surface area (Å²) in [6.45, 7) is 1.88. The van der Waals surface area contributed by atoms with Gasteiger partial charge in [-0.2, -0.15) is 5.10 Å². The van der Waals surface area contributed by atoms with Crippen molar-refractivity contribution in [2.75, 3.05) is 0 Å². The Bertz CT molecular complexity index is 1140. The summed E-state index contributed by atoms with van der Waals surface area (Å²) in [4.78, 5) is 17.3. The number of fused-ring (bicyclic) bond motifs is 1. The van der Waals surface area contributed by atoms with E-state index in [-0.39, 0.29) is 17.1 Å². The number of benzene rings is 2. The molecule has 2 heterocycles. The van der Waals surface area contributed by atoms with Gasteiger partial charge in [-0.15, -0.1) is 0 Å². The van der Waals surface area contributed by atoms with E-state index in [9.17, 15) is 9.90 Å². The molecule has 1 N–H and O–H groups in total. The van der Waals surface area contributed by atoms with Crippen LogP contribution in [0.5, 0.6) is 5.75 Å². The van der Waals surface area contributed by atoms with Crippen molar-refractivity contribution in [2.24, 2.45) is 0 Å². The van der Waals surface area contributed by atoms with E-state index in [0.29, 0.717) is 11.2 Å². The van der Waals surface area contributed by atoms with Gasteiger partial charge in [0.1, 0.15) is 5.75 Å². The Morgan fingerprint density at radius 1 is 1.12 bits per heavy atom. The second kappa shape index (κ2) is 6.38. The summed E-state index contributed by atoms with van der Waals surface area (Å²) in [6.07, 6.45) is 1.52. The minimum absolute atomic E-state index is 0.0602. The topological polar surface area (TPSA) is 68.0 Å². The zero-order valence-electron chi connectivity index (χ0n) is 13.8. The van der Waals surface area contributed by atoms with Crippen LogP contribution in [0.2, 0.25) is 0 Å². The number of hydrogen-bond acceptors (Lipinski definition) is 4. The average molecular weight is 408 g/mol. The van der Waals surface area contributed by atoms with Crippen LogP contribution in [0, 0.1) is 6.92 Å². The summed E-state index contributed by atoms with van der Waals surface area (Å²) < 4.78 is 2.48. The van der Waals surface area contributed by atoms with Crippen LogP contribution in [0.15, 0.2) is 65.3 Å². The van der Waals surface area contributed by atoms with E-state index >= 15 is 0 Å². The Morgan fingerprint density at radius 3 is 2.65 bits per heavy atom. The maximum absolute atomic E-state index is 12.8. The molecule has 4 rings (SSSR count). The van der Waals surface area contributed by atoms with Crippen molar-refractivity contribution in [3.8, 4) is 11.4 Å². The van der Waals surface area contributed by atoms with Crippen LogP contribution in [0.3, 0.4) is 0 Å². The lowest BCUT2D eigenvalue weighted by molar-refractivity contribution is 0.103. The molecule has 0 atom stereocenters. The van der Waals surface area contributed by atoms with Crippen molar-refractivity contribution in [1.82, 2.24) is 14.8 Å². The standard InChI is InChI=1S/C20H14BrN3O2/c1-12-16-9-13(19(26)17-10-14(21)7-8-18(17)25)11-22-20(16)24(23-12)15-5-3-2-4-6-15/h2-11,25H,1H3. The fourth-order valence-electron chi connectivity index (χ4n) is 2.86. The summed E-state index contributed by atoms with van der Waals surface area (Å²) >= 11 is 3.33. The molecule has 0 aliphatic heterocycles. The molecule has 2 aromatic heterocycles. The lowest BCUT2D eigenvalue weighted by Gasteiger charge is -2.06. The third-order valence-corrected chi connectivity index (χ3v) is 4.67. The van der Waals surface area contributed by atoms with Crippen molar-refractivity contribution in [1.29, 1.82) is 0 Å². The fraction of sp³-hybridized carbons (Fsp3) is 0.0500. The van der Waals surface area contributed by atoms with E-state index in [4.69, 9.17) is 0 Å². The number of aromatic hydroxyl groups is 1. The molecule has 5 nitrogen and oxygen atoms in total. The smallest absolute Gasteiger partial charge is 0.198 e. The van der Waals surface area contributed by atoms with Gasteiger partial charge in [0, 0.05) is 21.6 Å². The lowest BCUT2D eigenvalue weighted by atomic mass is 10.0. The number of halogens is 1. The number of carbonyl (C=O) groups is 1. The monoisotopic (exact) mass is 407 g/mol. The SMILES string of the molecule is Cc1nn(-c2ccccc2)c2ncc(C(=O)c3cc(Br)ccc3O)cc12. The molecular weight excluding hydrogens is 394 g/mol. The number of carbonyl (C=O) groups excluding carboxylic acids is 1. The Hall–Kier alpha value is -2.99. The van der Waals surface area contributed by atoms with Crippen molar-refractivity contribution in [2.45, 2.75) is 6.92 Å². The van der Waals surface area contributed by atoms with Crippen molar-refractivity contribution < 1.29 is 9.90 Å². The van der Waals surface area contributed by atoms with Crippen LogP contribution in [-0.2, 0) is 0 Å². The molecule has 0 saturated carbocycles. The van der Waals surface area contributed by atoms with Gasteiger partial charge in [0.2, 0.25) is 0 Å². The molecule has 0 fully saturated rings. The Balaban J connectivity index is 1.83. The predicted octanol–water partition coefficient (Wildman–Crippen LogP) is 4.43. The van der Waals surface area contributed by atoms with E-state index in [0.717, 1.165) is 21.2 Å². The number of hydrogen-bond donors (Lipinski definition) is 1. The van der Waals surface area contributed by atoms with E-state index in [2.05, 4.69) is 26.0 Å². The molecule has 128 valence electrons. The van der Waals surface area contributed by atoms with Gasteiger partial charge < -0.3 is 5.11 Å². The molecule has 0 aliphatic carbocycles. The summed E-state index contributed by atoms with van der Waals surface area (Å²) in [6, 6.07) is 16.3. The summed E-state index contributed by atoms with van der Waals surface area (Å²) in [5.74, 6) is -0.347. The number of nitrogens with zero attached hydrogens (tertiary/aromatic N) is 3. The molecule has 6 heteroatoms. The van der Waals surface area contributed by atoms with Crippen LogP contribution in [0.4, 0.5) is 0 Å². The molecule has 0 unspecified atom stereocenters. The quantitative estimate of drug-likeness (QED) is 0.510. The van der Waals surface area contributed by atoms with Gasteiger partial charge in [0.05, 0.1) is 16.9 Å². The highest BCUT2D eigenvalue weighted by Gasteiger charge is 2.18. The first-order valence-corrected chi connectivity index (χ1v) is 8.78. The van der Waals surface area contributed by atoms with Gasteiger partial charge in [-0.3, -0.25) is 4.79 Å². The molecule has 4 aromatic rings. The largest absolute Gasteiger partial charge is 0.507 e. The van der Waals surface area contributed by atoms with Crippen molar-refractivity contribution >= 4 is 32.7 Å². The zero-order chi connectivity index (χ0) is 18.3. The summed E-state index contributed by atoms with van der Waals surface area (Å²) in [5, 5.41) is 15.4. The number of pyridine rings is 1. The van der Waals surface area contributed by atoms with Crippen LogP contribution in [0.25, 0.3) is 16.7 Å². The Morgan fingerprint density at radius 2 is 1.88 bits per heavy atom. The second-order valence-electron chi connectivity index (χ2n) is 5.92. The second-order valence-corrected chi connectivity index (χ2v) is 6.83. The highest BCUT2D eigenvalue weighted by Crippen LogP contribution is 2.26.